The molecule has 0 saturated heterocycles. The van der Waals surface area contributed by atoms with Gasteiger partial charge in [-0.3, -0.25) is 4.79 Å². The first-order chi connectivity index (χ1) is 6.24. The smallest absolute Gasteiger partial charge is 0.407 e. The van der Waals surface area contributed by atoms with Crippen molar-refractivity contribution in [3.63, 3.8) is 0 Å². The van der Waals surface area contributed by atoms with Gasteiger partial charge in [0.25, 0.3) is 0 Å². The van der Waals surface area contributed by atoms with Crippen molar-refractivity contribution in [2.45, 2.75) is 19.4 Å². The van der Waals surface area contributed by atoms with Gasteiger partial charge in [-0.2, -0.15) is 0 Å². The van der Waals surface area contributed by atoms with Gasteiger partial charge in [0.05, 0.1) is 6.42 Å². The quantitative estimate of drug-likeness (QED) is 0.480. The molecule has 0 fully saturated rings. The van der Waals surface area contributed by atoms with Crippen LogP contribution in [0.15, 0.2) is 0 Å². The van der Waals surface area contributed by atoms with Crippen LogP contribution in [0.4, 0.5) is 4.79 Å². The van der Waals surface area contributed by atoms with E-state index < -0.39 is 12.2 Å². The summed E-state index contributed by atoms with van der Waals surface area (Å²) in [6, 6.07) is 0. The summed E-state index contributed by atoms with van der Waals surface area (Å²) >= 11 is 1.85. The van der Waals surface area contributed by atoms with E-state index >= 15 is 0 Å². The summed E-state index contributed by atoms with van der Waals surface area (Å²) in [5.74, 6) is 2.65. The Morgan fingerprint density at radius 3 is 2.92 bits per heavy atom. The second-order valence-electron chi connectivity index (χ2n) is 2.09. The average molecular weight is 295 g/mol. The van der Waals surface area contributed by atoms with Gasteiger partial charge in [-0.15, -0.1) is 0 Å². The van der Waals surface area contributed by atoms with Gasteiger partial charge < -0.3 is 10.1 Å². The number of alkyl carbamates (subject to hydrolysis) is 1. The molecule has 1 unspecified atom stereocenters. The maximum atomic E-state index is 10.8. The molecule has 1 atom stereocenters. The van der Waals surface area contributed by atoms with Gasteiger partial charge in [-0.25, -0.2) is 4.79 Å². The molecule has 5 heteroatoms. The third-order valence-corrected chi connectivity index (χ3v) is 1.48. The number of halogens is 1. The molecule has 0 spiro atoms. The summed E-state index contributed by atoms with van der Waals surface area (Å²) in [5.41, 5.74) is 0. The van der Waals surface area contributed by atoms with Crippen LogP contribution in [-0.2, 0) is 9.53 Å². The van der Waals surface area contributed by atoms with Crippen molar-refractivity contribution in [2.75, 3.05) is 6.54 Å². The lowest BCUT2D eigenvalue weighted by molar-refractivity contribution is -0.114. The molecule has 4 nitrogen and oxygen atoms in total. The van der Waals surface area contributed by atoms with Gasteiger partial charge in [-0.1, -0.05) is 5.92 Å². The van der Waals surface area contributed by atoms with Gasteiger partial charge >= 0.3 is 6.09 Å². The maximum absolute atomic E-state index is 10.8. The normalized spacial score (nSPS) is 10.6. The Labute approximate surface area is 90.5 Å². The molecule has 0 bridgehead atoms. The second kappa shape index (κ2) is 7.86. The molecule has 0 aromatic carbocycles. The Hall–Kier alpha value is -0.770. The van der Waals surface area contributed by atoms with Crippen molar-refractivity contribution in [3.05, 3.63) is 0 Å². The van der Waals surface area contributed by atoms with Gasteiger partial charge in [0.15, 0.2) is 12.4 Å². The van der Waals surface area contributed by atoms with Crippen molar-refractivity contribution in [3.8, 4) is 9.85 Å². The van der Waals surface area contributed by atoms with Crippen molar-refractivity contribution >= 4 is 35.0 Å². The molecular weight excluding hydrogens is 285 g/mol. The van der Waals surface area contributed by atoms with Gasteiger partial charge in [0.2, 0.25) is 0 Å². The molecule has 0 saturated carbocycles. The zero-order valence-corrected chi connectivity index (χ0v) is 9.33. The van der Waals surface area contributed by atoms with Crippen LogP contribution >= 0.6 is 22.6 Å². The summed E-state index contributed by atoms with van der Waals surface area (Å²) in [5, 5.41) is 2.42. The molecular formula is C8H10INO3. The number of aldehydes is 1. The SMILES string of the molecule is CCNC(=O)OC(C=O)CC#CI. The predicted molar refractivity (Wildman–Crippen MR) is 56.4 cm³/mol. The highest BCUT2D eigenvalue weighted by Crippen LogP contribution is 1.94. The van der Waals surface area contributed by atoms with E-state index in [1.165, 1.54) is 0 Å². The van der Waals surface area contributed by atoms with Crippen LogP contribution in [0.3, 0.4) is 0 Å². The minimum absolute atomic E-state index is 0.240. The average Bonchev–Trinajstić information content (AvgIpc) is 2.12. The topological polar surface area (TPSA) is 55.4 Å². The fraction of sp³-hybridized carbons (Fsp3) is 0.500. The molecule has 0 aliphatic rings. The first kappa shape index (κ1) is 12.2. The van der Waals surface area contributed by atoms with E-state index in [1.807, 2.05) is 22.6 Å². The Morgan fingerprint density at radius 2 is 2.46 bits per heavy atom. The summed E-state index contributed by atoms with van der Waals surface area (Å²) < 4.78 is 7.31. The van der Waals surface area contributed by atoms with Crippen LogP contribution in [0.25, 0.3) is 0 Å². The van der Waals surface area contributed by atoms with Crippen LogP contribution in [0.1, 0.15) is 13.3 Å². The van der Waals surface area contributed by atoms with E-state index in [4.69, 9.17) is 4.74 Å². The number of nitrogens with one attached hydrogen (secondary N) is 1. The molecule has 0 aromatic rings. The summed E-state index contributed by atoms with van der Waals surface area (Å²) in [4.78, 5) is 21.2. The minimum atomic E-state index is -0.770. The lowest BCUT2D eigenvalue weighted by atomic mass is 10.3. The minimum Gasteiger partial charge on any atom is -0.438 e. The van der Waals surface area contributed by atoms with Crippen LogP contribution < -0.4 is 5.32 Å². The van der Waals surface area contributed by atoms with Crippen LogP contribution in [-0.4, -0.2) is 25.0 Å². The zero-order valence-electron chi connectivity index (χ0n) is 7.17. The van der Waals surface area contributed by atoms with Crippen molar-refractivity contribution < 1.29 is 14.3 Å². The number of hydrogen-bond donors (Lipinski definition) is 1. The Bertz CT molecular complexity index is 231. The third kappa shape index (κ3) is 6.40. The van der Waals surface area contributed by atoms with E-state index in [1.54, 1.807) is 6.92 Å². The summed E-state index contributed by atoms with van der Waals surface area (Å²) in [7, 11) is 0. The number of amides is 1. The number of carbonyl (C=O) groups is 2. The van der Waals surface area contributed by atoms with E-state index in [9.17, 15) is 9.59 Å². The lowest BCUT2D eigenvalue weighted by Gasteiger charge is -2.08. The molecule has 0 heterocycles. The van der Waals surface area contributed by atoms with Crippen LogP contribution in [0.2, 0.25) is 0 Å². The van der Waals surface area contributed by atoms with Crippen molar-refractivity contribution in [2.24, 2.45) is 0 Å². The number of ether oxygens (including phenoxy) is 1. The largest absolute Gasteiger partial charge is 0.438 e. The molecule has 0 radical (unpaired) electrons. The Kier molecular flexibility index (Phi) is 7.39. The Morgan fingerprint density at radius 1 is 1.77 bits per heavy atom. The lowest BCUT2D eigenvalue weighted by Crippen LogP contribution is -2.29. The monoisotopic (exact) mass is 295 g/mol. The maximum Gasteiger partial charge on any atom is 0.407 e. The molecule has 0 aliphatic carbocycles. The highest BCUT2D eigenvalue weighted by atomic mass is 127. The van der Waals surface area contributed by atoms with E-state index in [0.29, 0.717) is 12.8 Å². The molecule has 0 aliphatic heterocycles. The number of rotatable bonds is 4. The molecule has 72 valence electrons. The van der Waals surface area contributed by atoms with E-state index in [2.05, 4.69) is 15.2 Å². The first-order valence-corrected chi connectivity index (χ1v) is 4.80. The zero-order chi connectivity index (χ0) is 10.1. The van der Waals surface area contributed by atoms with Gasteiger partial charge in [0.1, 0.15) is 0 Å². The molecule has 0 aromatic heterocycles. The van der Waals surface area contributed by atoms with Crippen molar-refractivity contribution in [1.29, 1.82) is 0 Å². The third-order valence-electron chi connectivity index (χ3n) is 1.10. The summed E-state index contributed by atoms with van der Waals surface area (Å²) in [6.07, 6.45) is -0.552. The van der Waals surface area contributed by atoms with Crippen molar-refractivity contribution in [1.82, 2.24) is 5.32 Å². The summed E-state index contributed by atoms with van der Waals surface area (Å²) in [6.45, 7) is 2.24. The molecule has 13 heavy (non-hydrogen) atoms. The first-order valence-electron chi connectivity index (χ1n) is 3.72. The second-order valence-corrected chi connectivity index (χ2v) is 2.62. The predicted octanol–water partition coefficient (Wildman–Crippen LogP) is 1.09. The fourth-order valence-electron chi connectivity index (χ4n) is 0.580. The Balaban J connectivity index is 3.87. The molecule has 0 rings (SSSR count). The number of hydrogen-bond acceptors (Lipinski definition) is 3. The highest BCUT2D eigenvalue weighted by molar-refractivity contribution is 14.1. The highest BCUT2D eigenvalue weighted by Gasteiger charge is 2.10. The van der Waals surface area contributed by atoms with Crippen LogP contribution in [0.5, 0.6) is 0 Å². The molecule has 1 amide bonds. The van der Waals surface area contributed by atoms with Crippen LogP contribution in [0, 0.1) is 9.85 Å². The van der Waals surface area contributed by atoms with E-state index in [0.717, 1.165) is 0 Å². The van der Waals surface area contributed by atoms with Gasteiger partial charge in [-0.05, 0) is 10.9 Å². The number of carbonyl (C=O) groups excluding carboxylic acids is 2. The van der Waals surface area contributed by atoms with Gasteiger partial charge in [0, 0.05) is 29.1 Å². The van der Waals surface area contributed by atoms with E-state index in [-0.39, 0.29) is 6.42 Å². The molecule has 1 N–H and O–H groups in total. The fourth-order valence-corrected chi connectivity index (χ4v) is 0.800. The standard InChI is InChI=1S/C8H10INO3/c1-2-10-8(12)13-7(6-11)4-3-5-9/h6-7H,2,4H2,1H3,(H,10,12).